The molecule has 0 bridgehead atoms. The summed E-state index contributed by atoms with van der Waals surface area (Å²) < 4.78 is 5.23. The van der Waals surface area contributed by atoms with E-state index < -0.39 is 0 Å². The van der Waals surface area contributed by atoms with Crippen molar-refractivity contribution >= 4 is 11.8 Å². The number of hydrogen-bond donors (Lipinski definition) is 1. The van der Waals surface area contributed by atoms with Crippen molar-refractivity contribution in [1.29, 1.82) is 0 Å². The number of carbonyl (C=O) groups is 2. The van der Waals surface area contributed by atoms with Gasteiger partial charge in [-0.3, -0.25) is 9.59 Å². The summed E-state index contributed by atoms with van der Waals surface area (Å²) in [6.45, 7) is 6.83. The number of carbonyl (C=O) groups excluding carboxylic acids is 2. The van der Waals surface area contributed by atoms with E-state index in [0.717, 1.165) is 30.6 Å². The van der Waals surface area contributed by atoms with Crippen LogP contribution in [0.4, 0.5) is 0 Å². The molecular weight excluding hydrogens is 316 g/mol. The van der Waals surface area contributed by atoms with Crippen LogP contribution in [0.25, 0.3) is 0 Å². The van der Waals surface area contributed by atoms with Gasteiger partial charge < -0.3 is 15.0 Å². The van der Waals surface area contributed by atoms with Crippen LogP contribution in [0.15, 0.2) is 24.3 Å². The standard InChI is InChI=1S/C20H30N2O3/c1-5-7-12-22-18(23)13-17(20(24)21-14(3)6-2)19(22)15-8-10-16(25-4)11-9-15/h8-11,14,17,19H,5-7,12-13H2,1-4H3,(H,21,24)/t14-,17+,19+/m1/s1. The SMILES string of the molecule is CCCCN1C(=O)C[C@H](C(=O)N[C@H](C)CC)[C@@H]1c1ccc(OC)cc1. The molecule has 2 amide bonds. The lowest BCUT2D eigenvalue weighted by Crippen LogP contribution is -2.39. The van der Waals surface area contributed by atoms with E-state index in [4.69, 9.17) is 4.74 Å². The van der Waals surface area contributed by atoms with E-state index in [1.165, 1.54) is 0 Å². The third-order valence-corrected chi connectivity index (χ3v) is 4.98. The first-order chi connectivity index (χ1) is 12.0. The number of nitrogens with one attached hydrogen (secondary N) is 1. The molecule has 1 N–H and O–H groups in total. The van der Waals surface area contributed by atoms with Crippen LogP contribution in [0.5, 0.6) is 5.75 Å². The van der Waals surface area contributed by atoms with Gasteiger partial charge in [-0.15, -0.1) is 0 Å². The van der Waals surface area contributed by atoms with E-state index >= 15 is 0 Å². The van der Waals surface area contributed by atoms with Gasteiger partial charge in [0.2, 0.25) is 11.8 Å². The van der Waals surface area contributed by atoms with Gasteiger partial charge in [0.15, 0.2) is 0 Å². The molecule has 0 spiro atoms. The molecule has 0 radical (unpaired) electrons. The molecule has 1 aliphatic heterocycles. The Morgan fingerprint density at radius 1 is 1.32 bits per heavy atom. The van der Waals surface area contributed by atoms with Crippen LogP contribution in [-0.2, 0) is 9.59 Å². The van der Waals surface area contributed by atoms with Gasteiger partial charge in [0, 0.05) is 19.0 Å². The van der Waals surface area contributed by atoms with E-state index in [0.29, 0.717) is 6.54 Å². The highest BCUT2D eigenvalue weighted by Crippen LogP contribution is 2.39. The summed E-state index contributed by atoms with van der Waals surface area (Å²) in [5.41, 5.74) is 0.993. The number of benzene rings is 1. The summed E-state index contributed by atoms with van der Waals surface area (Å²) in [6, 6.07) is 7.62. The molecule has 0 saturated carbocycles. The Bertz CT molecular complexity index is 585. The number of amides is 2. The van der Waals surface area contributed by atoms with Crippen LogP contribution in [0.2, 0.25) is 0 Å². The van der Waals surface area contributed by atoms with Crippen molar-refractivity contribution in [1.82, 2.24) is 10.2 Å². The highest BCUT2D eigenvalue weighted by atomic mass is 16.5. The number of likely N-dealkylation sites (tertiary alicyclic amines) is 1. The van der Waals surface area contributed by atoms with E-state index in [1.54, 1.807) is 7.11 Å². The number of unbranched alkanes of at least 4 members (excludes halogenated alkanes) is 1. The predicted octanol–water partition coefficient (Wildman–Crippen LogP) is 3.30. The van der Waals surface area contributed by atoms with Gasteiger partial charge in [-0.25, -0.2) is 0 Å². The van der Waals surface area contributed by atoms with Crippen LogP contribution >= 0.6 is 0 Å². The summed E-state index contributed by atoms with van der Waals surface area (Å²) in [4.78, 5) is 27.2. The van der Waals surface area contributed by atoms with Crippen LogP contribution in [0.1, 0.15) is 58.1 Å². The van der Waals surface area contributed by atoms with E-state index in [9.17, 15) is 9.59 Å². The maximum absolute atomic E-state index is 12.8. The molecule has 5 heteroatoms. The first-order valence-electron chi connectivity index (χ1n) is 9.25. The average Bonchev–Trinajstić information content (AvgIpc) is 2.96. The van der Waals surface area contributed by atoms with Crippen LogP contribution < -0.4 is 10.1 Å². The third kappa shape index (κ3) is 4.53. The quantitative estimate of drug-likeness (QED) is 0.786. The highest BCUT2D eigenvalue weighted by Gasteiger charge is 2.44. The van der Waals surface area contributed by atoms with Crippen molar-refractivity contribution in [2.45, 2.75) is 58.5 Å². The van der Waals surface area contributed by atoms with E-state index in [1.807, 2.05) is 43.0 Å². The first-order valence-corrected chi connectivity index (χ1v) is 9.25. The molecule has 0 aromatic heterocycles. The van der Waals surface area contributed by atoms with Gasteiger partial charge in [0.1, 0.15) is 5.75 Å². The summed E-state index contributed by atoms with van der Waals surface area (Å²) >= 11 is 0. The van der Waals surface area contributed by atoms with E-state index in [2.05, 4.69) is 12.2 Å². The van der Waals surface area contributed by atoms with Crippen molar-refractivity contribution in [3.8, 4) is 5.75 Å². The fraction of sp³-hybridized carbons (Fsp3) is 0.600. The molecule has 1 heterocycles. The molecule has 1 aliphatic rings. The largest absolute Gasteiger partial charge is 0.497 e. The van der Waals surface area contributed by atoms with Crippen molar-refractivity contribution in [2.24, 2.45) is 5.92 Å². The Labute approximate surface area is 150 Å². The number of nitrogens with zero attached hydrogens (tertiary/aromatic N) is 1. The first kappa shape index (κ1) is 19.3. The third-order valence-electron chi connectivity index (χ3n) is 4.98. The summed E-state index contributed by atoms with van der Waals surface area (Å²) in [6.07, 6.45) is 3.11. The lowest BCUT2D eigenvalue weighted by molar-refractivity contribution is -0.129. The zero-order chi connectivity index (χ0) is 18.4. The minimum Gasteiger partial charge on any atom is -0.497 e. The second-order valence-corrected chi connectivity index (χ2v) is 6.79. The Morgan fingerprint density at radius 3 is 2.56 bits per heavy atom. The topological polar surface area (TPSA) is 58.6 Å². The van der Waals surface area contributed by atoms with Gasteiger partial charge in [0.05, 0.1) is 19.1 Å². The molecule has 1 fully saturated rings. The zero-order valence-corrected chi connectivity index (χ0v) is 15.7. The highest BCUT2D eigenvalue weighted by molar-refractivity contribution is 5.90. The number of rotatable bonds is 8. The lowest BCUT2D eigenvalue weighted by atomic mass is 9.92. The van der Waals surface area contributed by atoms with Crippen LogP contribution in [-0.4, -0.2) is 36.4 Å². The maximum atomic E-state index is 12.8. The molecule has 1 aromatic rings. The van der Waals surface area contributed by atoms with Crippen molar-refractivity contribution in [3.05, 3.63) is 29.8 Å². The fourth-order valence-electron chi connectivity index (χ4n) is 3.28. The molecular formula is C20H30N2O3. The monoisotopic (exact) mass is 346 g/mol. The van der Waals surface area contributed by atoms with Crippen LogP contribution in [0.3, 0.4) is 0 Å². The normalized spacial score (nSPS) is 21.3. The molecule has 3 atom stereocenters. The summed E-state index contributed by atoms with van der Waals surface area (Å²) in [5, 5.41) is 3.05. The Morgan fingerprint density at radius 2 is 2.00 bits per heavy atom. The Balaban J connectivity index is 2.29. The minimum atomic E-state index is -0.341. The second kappa shape index (κ2) is 8.88. The average molecular weight is 346 g/mol. The smallest absolute Gasteiger partial charge is 0.226 e. The summed E-state index contributed by atoms with van der Waals surface area (Å²) in [5.74, 6) is 0.474. The van der Waals surface area contributed by atoms with E-state index in [-0.39, 0.29) is 36.2 Å². The molecule has 5 nitrogen and oxygen atoms in total. The summed E-state index contributed by atoms with van der Waals surface area (Å²) in [7, 11) is 1.63. The van der Waals surface area contributed by atoms with Crippen molar-refractivity contribution in [2.75, 3.05) is 13.7 Å². The molecule has 25 heavy (non-hydrogen) atoms. The second-order valence-electron chi connectivity index (χ2n) is 6.79. The Hall–Kier alpha value is -2.04. The number of methoxy groups -OCH3 is 1. The molecule has 1 saturated heterocycles. The van der Waals surface area contributed by atoms with Gasteiger partial charge >= 0.3 is 0 Å². The van der Waals surface area contributed by atoms with Gasteiger partial charge in [0.25, 0.3) is 0 Å². The van der Waals surface area contributed by atoms with Crippen molar-refractivity contribution in [3.63, 3.8) is 0 Å². The van der Waals surface area contributed by atoms with Crippen molar-refractivity contribution < 1.29 is 14.3 Å². The predicted molar refractivity (Wildman–Crippen MR) is 98.4 cm³/mol. The zero-order valence-electron chi connectivity index (χ0n) is 15.7. The minimum absolute atomic E-state index is 0.0254. The van der Waals surface area contributed by atoms with Gasteiger partial charge in [-0.05, 0) is 37.5 Å². The molecule has 138 valence electrons. The Kier molecular flexibility index (Phi) is 6.85. The molecule has 2 rings (SSSR count). The molecule has 1 aromatic carbocycles. The van der Waals surface area contributed by atoms with Gasteiger partial charge in [-0.1, -0.05) is 32.4 Å². The molecule has 0 aliphatic carbocycles. The molecule has 0 unspecified atom stereocenters. The fourth-order valence-corrected chi connectivity index (χ4v) is 3.28. The lowest BCUT2D eigenvalue weighted by Gasteiger charge is -2.29. The number of hydrogen-bond acceptors (Lipinski definition) is 3. The number of ether oxygens (including phenoxy) is 1. The maximum Gasteiger partial charge on any atom is 0.226 e. The van der Waals surface area contributed by atoms with Crippen LogP contribution in [0, 0.1) is 5.92 Å². The van der Waals surface area contributed by atoms with Gasteiger partial charge in [-0.2, -0.15) is 0 Å².